The van der Waals surface area contributed by atoms with Crippen molar-refractivity contribution in [3.8, 4) is 11.1 Å². The third-order valence-electron chi connectivity index (χ3n) is 6.01. The lowest BCUT2D eigenvalue weighted by molar-refractivity contribution is 0.720. The van der Waals surface area contributed by atoms with Crippen LogP contribution in [0.15, 0.2) is 48.2 Å². The van der Waals surface area contributed by atoms with Crippen LogP contribution in [0.1, 0.15) is 30.7 Å². The molecule has 0 spiro atoms. The maximum absolute atomic E-state index is 6.57. The van der Waals surface area contributed by atoms with Crippen molar-refractivity contribution in [2.24, 2.45) is 4.99 Å². The number of hydrogen-bond donors (Lipinski definition) is 4. The van der Waals surface area contributed by atoms with Gasteiger partial charge in [-0.2, -0.15) is 5.10 Å². The second-order valence-electron chi connectivity index (χ2n) is 8.08. The van der Waals surface area contributed by atoms with Gasteiger partial charge in [-0.25, -0.2) is 24.9 Å². The Labute approximate surface area is 210 Å². The molecule has 36 heavy (non-hydrogen) atoms. The van der Waals surface area contributed by atoms with Gasteiger partial charge in [0.2, 0.25) is 0 Å². The van der Waals surface area contributed by atoms with Crippen LogP contribution >= 0.6 is 11.6 Å². The molecule has 0 radical (unpaired) electrons. The number of nitrogens with zero attached hydrogens (tertiary/aromatic N) is 8. The summed E-state index contributed by atoms with van der Waals surface area (Å²) in [5.41, 5.74) is 10.5. The number of fused-ring (bicyclic) bond motifs is 2. The van der Waals surface area contributed by atoms with E-state index in [4.69, 9.17) is 17.3 Å². The van der Waals surface area contributed by atoms with Crippen LogP contribution in [0.3, 0.4) is 0 Å². The molecule has 0 aromatic carbocycles. The van der Waals surface area contributed by atoms with E-state index in [1.165, 1.54) is 0 Å². The van der Waals surface area contributed by atoms with E-state index in [1.807, 2.05) is 36.4 Å². The molecule has 1 aliphatic rings. The molecule has 0 aliphatic carbocycles. The first-order valence-electron chi connectivity index (χ1n) is 11.0. The number of anilines is 2. The van der Waals surface area contributed by atoms with Crippen molar-refractivity contribution in [3.05, 3.63) is 59.8 Å². The van der Waals surface area contributed by atoms with Crippen molar-refractivity contribution in [2.75, 3.05) is 17.2 Å². The highest BCUT2D eigenvalue weighted by atomic mass is 35.5. The monoisotopic (exact) mass is 502 g/mol. The van der Waals surface area contributed by atoms with Crippen LogP contribution in [0, 0.1) is 0 Å². The number of aliphatic imine (C=N–C) groups is 1. The Morgan fingerprint density at radius 1 is 1.14 bits per heavy atom. The zero-order valence-electron chi connectivity index (χ0n) is 19.4. The Morgan fingerprint density at radius 2 is 1.97 bits per heavy atom. The fourth-order valence-corrected chi connectivity index (χ4v) is 4.47. The fraction of sp³-hybridized carbons (Fsp3) is 0.174. The van der Waals surface area contributed by atoms with Gasteiger partial charge in [0, 0.05) is 53.6 Å². The standard InChI is InChI=1S/C23H20ClN11.H3N/c1-2-14(21-31-19(25)17-22(32-21)30-11-29-17)15-7-12(9-27-18(15)24)13-8-16-20(28-10-13)33-34-23(16)35-5-3-26-4-6-35;/h3-5,7-11,14H,2,6H2,1H3,(H,28,33,34)(H3,25,29,30,31,32);1H3. The zero-order valence-corrected chi connectivity index (χ0v) is 20.1. The van der Waals surface area contributed by atoms with Gasteiger partial charge in [0.25, 0.3) is 0 Å². The number of halogens is 1. The van der Waals surface area contributed by atoms with Gasteiger partial charge in [0.1, 0.15) is 16.5 Å². The van der Waals surface area contributed by atoms with E-state index in [-0.39, 0.29) is 12.1 Å². The van der Waals surface area contributed by atoms with Crippen LogP contribution < -0.4 is 16.8 Å². The van der Waals surface area contributed by atoms with Gasteiger partial charge in [-0.1, -0.05) is 18.5 Å². The van der Waals surface area contributed by atoms with Crippen LogP contribution in [0.4, 0.5) is 11.6 Å². The minimum atomic E-state index is -0.211. The molecule has 1 unspecified atom stereocenters. The molecule has 6 rings (SSSR count). The first kappa shape index (κ1) is 23.3. The molecule has 13 heteroatoms. The van der Waals surface area contributed by atoms with Crippen molar-refractivity contribution in [1.82, 2.24) is 46.3 Å². The molecular weight excluding hydrogens is 480 g/mol. The third-order valence-corrected chi connectivity index (χ3v) is 6.33. The molecule has 0 fully saturated rings. The van der Waals surface area contributed by atoms with Crippen molar-refractivity contribution in [1.29, 1.82) is 0 Å². The minimum Gasteiger partial charge on any atom is -0.382 e. The van der Waals surface area contributed by atoms with E-state index in [2.05, 4.69) is 45.1 Å². The van der Waals surface area contributed by atoms with Gasteiger partial charge in [-0.15, -0.1) is 0 Å². The van der Waals surface area contributed by atoms with Crippen molar-refractivity contribution in [2.45, 2.75) is 19.3 Å². The number of H-pyrrole nitrogens is 2. The summed E-state index contributed by atoms with van der Waals surface area (Å²) in [5.74, 6) is 1.47. The quantitative estimate of drug-likeness (QED) is 0.258. The van der Waals surface area contributed by atoms with Crippen LogP contribution in [-0.2, 0) is 0 Å². The molecule has 0 amide bonds. The van der Waals surface area contributed by atoms with Gasteiger partial charge in [-0.05, 0) is 18.6 Å². The highest BCUT2D eigenvalue weighted by Gasteiger charge is 2.22. The molecule has 7 N–H and O–H groups in total. The van der Waals surface area contributed by atoms with Gasteiger partial charge in [-0.3, -0.25) is 10.1 Å². The van der Waals surface area contributed by atoms with Gasteiger partial charge < -0.3 is 21.8 Å². The highest BCUT2D eigenvalue weighted by Crippen LogP contribution is 2.35. The Kier molecular flexibility index (Phi) is 6.04. The van der Waals surface area contributed by atoms with Crippen LogP contribution in [-0.4, -0.2) is 52.9 Å². The lowest BCUT2D eigenvalue weighted by Crippen LogP contribution is -2.20. The Hall–Kier alpha value is -4.42. The summed E-state index contributed by atoms with van der Waals surface area (Å²) in [5, 5.41) is 8.73. The molecule has 6 heterocycles. The number of imidazole rings is 1. The smallest absolute Gasteiger partial charge is 0.183 e. The molecule has 1 aliphatic heterocycles. The molecule has 0 bridgehead atoms. The predicted molar refractivity (Wildman–Crippen MR) is 140 cm³/mol. The average Bonchev–Trinajstić information content (AvgIpc) is 3.53. The van der Waals surface area contributed by atoms with Gasteiger partial charge in [0.15, 0.2) is 22.9 Å². The number of rotatable bonds is 5. The molecule has 12 nitrogen and oxygen atoms in total. The molecule has 5 aromatic rings. The molecule has 5 aromatic heterocycles. The lowest BCUT2D eigenvalue weighted by Gasteiger charge is -2.18. The normalized spacial score (nSPS) is 13.9. The number of nitrogen functional groups attached to an aromatic ring is 1. The number of hydrogen-bond acceptors (Lipinski definition) is 10. The fourth-order valence-electron chi connectivity index (χ4n) is 4.24. The maximum Gasteiger partial charge on any atom is 0.183 e. The van der Waals surface area contributed by atoms with Crippen LogP contribution in [0.25, 0.3) is 33.3 Å². The summed E-state index contributed by atoms with van der Waals surface area (Å²) >= 11 is 6.57. The summed E-state index contributed by atoms with van der Waals surface area (Å²) in [7, 11) is 0. The van der Waals surface area contributed by atoms with E-state index in [9.17, 15) is 0 Å². The van der Waals surface area contributed by atoms with E-state index < -0.39 is 0 Å². The topological polar surface area (TPSA) is 186 Å². The maximum atomic E-state index is 6.57. The Bertz CT molecular complexity index is 1620. The first-order chi connectivity index (χ1) is 17.1. The summed E-state index contributed by atoms with van der Waals surface area (Å²) in [6, 6.07) is 4.05. The van der Waals surface area contributed by atoms with Crippen LogP contribution in [0.2, 0.25) is 5.15 Å². The largest absolute Gasteiger partial charge is 0.382 e. The predicted octanol–water partition coefficient (Wildman–Crippen LogP) is 3.99. The lowest BCUT2D eigenvalue weighted by atomic mass is 9.94. The molecule has 1 atom stereocenters. The number of nitrogens with one attached hydrogen (secondary N) is 2. The zero-order chi connectivity index (χ0) is 23.9. The van der Waals surface area contributed by atoms with Crippen molar-refractivity contribution >= 4 is 51.6 Å². The second kappa shape index (κ2) is 9.32. The molecular formula is C23H23ClN12. The van der Waals surface area contributed by atoms with Crippen molar-refractivity contribution < 1.29 is 0 Å². The second-order valence-corrected chi connectivity index (χ2v) is 8.44. The Balaban J connectivity index is 0.00000267. The summed E-state index contributed by atoms with van der Waals surface area (Å²) < 4.78 is 0. The van der Waals surface area contributed by atoms with Gasteiger partial charge >= 0.3 is 0 Å². The highest BCUT2D eigenvalue weighted by molar-refractivity contribution is 6.30. The SMILES string of the molecule is CCC(c1nc(N)c2[nH]cnc2n1)c1cc(-c2cnc3[nH]nc(N4C=CN=CC4)c3c2)cnc1Cl.N. The van der Waals surface area contributed by atoms with Crippen LogP contribution in [0.5, 0.6) is 0 Å². The van der Waals surface area contributed by atoms with E-state index in [1.54, 1.807) is 24.9 Å². The number of aromatic amines is 2. The molecule has 0 saturated heterocycles. The summed E-state index contributed by atoms with van der Waals surface area (Å²) in [6.45, 7) is 2.68. The van der Waals surface area contributed by atoms with E-state index >= 15 is 0 Å². The number of aromatic nitrogens is 8. The minimum absolute atomic E-state index is 0. The van der Waals surface area contributed by atoms with Crippen molar-refractivity contribution in [3.63, 3.8) is 0 Å². The van der Waals surface area contributed by atoms with E-state index in [0.29, 0.717) is 46.6 Å². The molecule has 182 valence electrons. The van der Waals surface area contributed by atoms with Gasteiger partial charge in [0.05, 0.1) is 18.3 Å². The first-order valence-corrected chi connectivity index (χ1v) is 11.4. The molecule has 0 saturated carbocycles. The summed E-state index contributed by atoms with van der Waals surface area (Å²) in [4.78, 5) is 31.5. The summed E-state index contributed by atoms with van der Waals surface area (Å²) in [6.07, 6.45) is 11.2. The third kappa shape index (κ3) is 3.91. The van der Waals surface area contributed by atoms with E-state index in [0.717, 1.165) is 27.9 Å². The Morgan fingerprint density at radius 3 is 2.78 bits per heavy atom. The number of nitrogens with two attached hydrogens (primary N) is 1. The number of pyridine rings is 2. The average molecular weight is 503 g/mol.